The van der Waals surface area contributed by atoms with Crippen LogP contribution in [0.25, 0.3) is 16.7 Å². The second-order valence-electron chi connectivity index (χ2n) is 6.11. The molecular weight excluding hydrogens is 310 g/mol. The zero-order valence-electron chi connectivity index (χ0n) is 13.7. The number of hydrogen-bond acceptors (Lipinski definition) is 2. The molecule has 1 amide bonds. The Morgan fingerprint density at radius 3 is 2.42 bits per heavy atom. The Morgan fingerprint density at radius 1 is 1.12 bits per heavy atom. The number of allylic oxidation sites excluding steroid dienone is 1. The second kappa shape index (κ2) is 5.74. The van der Waals surface area contributed by atoms with Crippen molar-refractivity contribution in [2.75, 3.05) is 0 Å². The van der Waals surface area contributed by atoms with E-state index in [0.717, 1.165) is 11.1 Å². The lowest BCUT2D eigenvalue weighted by atomic mass is 9.84. The quantitative estimate of drug-likeness (QED) is 0.880. The first kappa shape index (κ1) is 16.2. The van der Waals surface area contributed by atoms with E-state index in [2.05, 4.69) is 5.32 Å². The molecule has 1 aliphatic heterocycles. The first-order valence-corrected chi connectivity index (χ1v) is 7.67. The molecule has 3 nitrogen and oxygen atoms in total. The second-order valence-corrected chi connectivity index (χ2v) is 6.11. The van der Waals surface area contributed by atoms with Crippen LogP contribution in [0, 0.1) is 18.6 Å². The van der Waals surface area contributed by atoms with Crippen molar-refractivity contribution in [1.29, 1.82) is 0 Å². The van der Waals surface area contributed by atoms with Crippen molar-refractivity contribution in [2.45, 2.75) is 26.8 Å². The molecule has 0 spiro atoms. The SMILES string of the molecule is CC1=C(C(N)=O)NC(C)c2c1cc(F)cc2-c1ccc(F)c(C)c1. The molecule has 124 valence electrons. The standard InChI is InChI=1S/C19H18F2N2O/c1-9-6-12(4-5-16(9)21)15-8-13(20)7-14-10(2)18(19(22)24)23-11(3)17(14)15/h4-8,11,23H,1-3H3,(H2,22,24). The molecule has 1 unspecified atom stereocenters. The highest BCUT2D eigenvalue weighted by Crippen LogP contribution is 2.39. The van der Waals surface area contributed by atoms with Gasteiger partial charge in [-0.1, -0.05) is 6.07 Å². The van der Waals surface area contributed by atoms with Crippen LogP contribution in [0.1, 0.15) is 36.6 Å². The predicted octanol–water partition coefficient (Wildman–Crippen LogP) is 3.82. The van der Waals surface area contributed by atoms with E-state index in [0.29, 0.717) is 28.0 Å². The van der Waals surface area contributed by atoms with Gasteiger partial charge in [-0.3, -0.25) is 4.79 Å². The molecule has 1 atom stereocenters. The van der Waals surface area contributed by atoms with Crippen LogP contribution in [-0.2, 0) is 4.79 Å². The molecule has 5 heteroatoms. The van der Waals surface area contributed by atoms with Gasteiger partial charge in [-0.25, -0.2) is 8.78 Å². The van der Waals surface area contributed by atoms with Gasteiger partial charge in [0.25, 0.3) is 5.91 Å². The Bertz CT molecular complexity index is 887. The number of nitrogens with one attached hydrogen (secondary N) is 1. The number of halogens is 2. The summed E-state index contributed by atoms with van der Waals surface area (Å²) in [5.74, 6) is -1.29. The first-order chi connectivity index (χ1) is 11.3. The van der Waals surface area contributed by atoms with E-state index in [1.165, 1.54) is 18.2 Å². The highest BCUT2D eigenvalue weighted by molar-refractivity contribution is 6.01. The van der Waals surface area contributed by atoms with E-state index < -0.39 is 11.7 Å². The van der Waals surface area contributed by atoms with E-state index in [9.17, 15) is 13.6 Å². The number of benzene rings is 2. The maximum absolute atomic E-state index is 14.2. The summed E-state index contributed by atoms with van der Waals surface area (Å²) >= 11 is 0. The van der Waals surface area contributed by atoms with Crippen LogP contribution in [0.2, 0.25) is 0 Å². The lowest BCUT2D eigenvalue weighted by Gasteiger charge is -2.29. The normalized spacial score (nSPS) is 16.6. The van der Waals surface area contributed by atoms with Gasteiger partial charge in [0.15, 0.2) is 0 Å². The van der Waals surface area contributed by atoms with Gasteiger partial charge < -0.3 is 11.1 Å². The van der Waals surface area contributed by atoms with Gasteiger partial charge in [0.2, 0.25) is 0 Å². The maximum Gasteiger partial charge on any atom is 0.265 e. The summed E-state index contributed by atoms with van der Waals surface area (Å²) in [6, 6.07) is 7.32. The fourth-order valence-electron chi connectivity index (χ4n) is 3.23. The molecule has 1 heterocycles. The summed E-state index contributed by atoms with van der Waals surface area (Å²) in [4.78, 5) is 11.6. The zero-order chi connectivity index (χ0) is 17.6. The largest absolute Gasteiger partial charge is 0.374 e. The number of carbonyl (C=O) groups is 1. The Morgan fingerprint density at radius 2 is 1.79 bits per heavy atom. The Hall–Kier alpha value is -2.69. The summed E-state index contributed by atoms with van der Waals surface area (Å²) in [6.07, 6.45) is 0. The van der Waals surface area contributed by atoms with E-state index in [1.807, 2.05) is 6.92 Å². The monoisotopic (exact) mass is 328 g/mol. The van der Waals surface area contributed by atoms with Gasteiger partial charge in [0.05, 0.1) is 0 Å². The van der Waals surface area contributed by atoms with Crippen molar-refractivity contribution in [3.63, 3.8) is 0 Å². The molecule has 3 N–H and O–H groups in total. The fraction of sp³-hybridized carbons (Fsp3) is 0.211. The van der Waals surface area contributed by atoms with Crippen molar-refractivity contribution in [1.82, 2.24) is 5.32 Å². The van der Waals surface area contributed by atoms with Gasteiger partial charge in [0.1, 0.15) is 17.3 Å². The first-order valence-electron chi connectivity index (χ1n) is 7.67. The number of amides is 1. The molecule has 0 saturated carbocycles. The number of carbonyl (C=O) groups excluding carboxylic acids is 1. The van der Waals surface area contributed by atoms with Gasteiger partial charge in [-0.2, -0.15) is 0 Å². The minimum Gasteiger partial charge on any atom is -0.374 e. The van der Waals surface area contributed by atoms with Crippen LogP contribution >= 0.6 is 0 Å². The molecule has 0 bridgehead atoms. The summed E-state index contributed by atoms with van der Waals surface area (Å²) in [7, 11) is 0. The van der Waals surface area contributed by atoms with Crippen molar-refractivity contribution < 1.29 is 13.6 Å². The number of fused-ring (bicyclic) bond motifs is 1. The Labute approximate surface area is 139 Å². The van der Waals surface area contributed by atoms with E-state index in [4.69, 9.17) is 5.73 Å². The zero-order valence-corrected chi connectivity index (χ0v) is 13.7. The Kier molecular flexibility index (Phi) is 3.87. The number of rotatable bonds is 2. The highest BCUT2D eigenvalue weighted by atomic mass is 19.1. The van der Waals surface area contributed by atoms with Crippen LogP contribution in [0.15, 0.2) is 36.0 Å². The topological polar surface area (TPSA) is 55.1 Å². The van der Waals surface area contributed by atoms with E-state index >= 15 is 0 Å². The average Bonchev–Trinajstić information content (AvgIpc) is 2.52. The van der Waals surface area contributed by atoms with E-state index in [-0.39, 0.29) is 11.9 Å². The molecule has 0 radical (unpaired) electrons. The molecular formula is C19H18F2N2O. The highest BCUT2D eigenvalue weighted by Gasteiger charge is 2.27. The number of aryl methyl sites for hydroxylation is 1. The summed E-state index contributed by atoms with van der Waals surface area (Å²) in [6.45, 7) is 5.28. The third-order valence-corrected chi connectivity index (χ3v) is 4.43. The lowest BCUT2D eigenvalue weighted by molar-refractivity contribution is -0.115. The van der Waals surface area contributed by atoms with Crippen molar-refractivity contribution in [2.24, 2.45) is 5.73 Å². The summed E-state index contributed by atoms with van der Waals surface area (Å²) < 4.78 is 27.8. The van der Waals surface area contributed by atoms with E-state index in [1.54, 1.807) is 26.0 Å². The number of primary amides is 1. The molecule has 0 aromatic heterocycles. The molecule has 2 aromatic carbocycles. The molecule has 2 aromatic rings. The molecule has 1 aliphatic rings. The maximum atomic E-state index is 14.2. The van der Waals surface area contributed by atoms with Crippen LogP contribution in [0.4, 0.5) is 8.78 Å². The van der Waals surface area contributed by atoms with Gasteiger partial charge in [0, 0.05) is 6.04 Å². The van der Waals surface area contributed by atoms with Crippen LogP contribution in [0.5, 0.6) is 0 Å². The van der Waals surface area contributed by atoms with Crippen LogP contribution in [-0.4, -0.2) is 5.91 Å². The molecule has 0 saturated heterocycles. The smallest absolute Gasteiger partial charge is 0.265 e. The molecule has 3 rings (SSSR count). The third kappa shape index (κ3) is 2.56. The number of hydrogen-bond donors (Lipinski definition) is 2. The third-order valence-electron chi connectivity index (χ3n) is 4.43. The fourth-order valence-corrected chi connectivity index (χ4v) is 3.23. The van der Waals surface area contributed by atoms with Gasteiger partial charge in [-0.05, 0) is 78.4 Å². The minimum absolute atomic E-state index is 0.229. The number of nitrogens with two attached hydrogens (primary N) is 1. The van der Waals surface area contributed by atoms with Gasteiger partial charge in [-0.15, -0.1) is 0 Å². The molecule has 24 heavy (non-hydrogen) atoms. The lowest BCUT2D eigenvalue weighted by Crippen LogP contribution is -2.33. The molecule has 0 fully saturated rings. The van der Waals surface area contributed by atoms with Crippen LogP contribution in [0.3, 0.4) is 0 Å². The van der Waals surface area contributed by atoms with Crippen LogP contribution < -0.4 is 11.1 Å². The summed E-state index contributed by atoms with van der Waals surface area (Å²) in [5.41, 5.74) is 9.72. The minimum atomic E-state index is -0.576. The predicted molar refractivity (Wildman–Crippen MR) is 89.9 cm³/mol. The van der Waals surface area contributed by atoms with Crippen molar-refractivity contribution in [3.8, 4) is 11.1 Å². The van der Waals surface area contributed by atoms with Gasteiger partial charge >= 0.3 is 0 Å². The Balaban J connectivity index is 2.30. The summed E-state index contributed by atoms with van der Waals surface area (Å²) in [5, 5.41) is 3.09. The van der Waals surface area contributed by atoms with Crippen molar-refractivity contribution in [3.05, 3.63) is 64.4 Å². The average molecular weight is 328 g/mol. The van der Waals surface area contributed by atoms with Crippen molar-refractivity contribution >= 4 is 11.5 Å². The molecule has 0 aliphatic carbocycles.